The number of carbonyl (C=O) groups is 1. The van der Waals surface area contributed by atoms with Gasteiger partial charge in [-0.15, -0.1) is 5.10 Å². The first-order valence-electron chi connectivity index (χ1n) is 11.6. The summed E-state index contributed by atoms with van der Waals surface area (Å²) in [7, 11) is -1.83. The number of carbonyl (C=O) groups excluding carboxylic acids is 1. The third kappa shape index (κ3) is 5.50. The number of piperazine rings is 1. The molecule has 1 aromatic heterocycles. The molecule has 0 radical (unpaired) electrons. The molecule has 0 atom stereocenters. The normalized spacial score (nSPS) is 14.8. The van der Waals surface area contributed by atoms with Crippen LogP contribution in [-0.4, -0.2) is 78.9 Å². The molecule has 35 heavy (non-hydrogen) atoms. The van der Waals surface area contributed by atoms with Gasteiger partial charge in [0.25, 0.3) is 15.9 Å². The fraction of sp³-hybridized carbons (Fsp3) is 0.375. The maximum Gasteiger partial charge on any atom is 0.276 e. The summed E-state index contributed by atoms with van der Waals surface area (Å²) in [4.78, 5) is 17.1. The number of benzene rings is 2. The molecule has 2 heterocycles. The predicted octanol–water partition coefficient (Wildman–Crippen LogP) is 3.30. The second-order valence-corrected chi connectivity index (χ2v) is 10.8. The van der Waals surface area contributed by atoms with E-state index < -0.39 is 10.0 Å². The van der Waals surface area contributed by atoms with E-state index in [4.69, 9.17) is 11.6 Å². The summed E-state index contributed by atoms with van der Waals surface area (Å²) in [6.07, 6.45) is 3.01. The van der Waals surface area contributed by atoms with Crippen LogP contribution in [0.25, 0.3) is 5.69 Å². The molecule has 1 fully saturated rings. The zero-order chi connectivity index (χ0) is 25.0. The number of hydrogen-bond donors (Lipinski definition) is 0. The van der Waals surface area contributed by atoms with Gasteiger partial charge in [0.1, 0.15) is 0 Å². The van der Waals surface area contributed by atoms with Crippen molar-refractivity contribution in [3.8, 4) is 5.69 Å². The first-order valence-corrected chi connectivity index (χ1v) is 13.4. The Labute approximate surface area is 210 Å². The van der Waals surface area contributed by atoms with Crippen molar-refractivity contribution in [3.63, 3.8) is 0 Å². The van der Waals surface area contributed by atoms with Crippen LogP contribution in [0.1, 0.15) is 30.3 Å². The summed E-state index contributed by atoms with van der Waals surface area (Å²) in [6, 6.07) is 13.3. The summed E-state index contributed by atoms with van der Waals surface area (Å²) < 4.78 is 30.1. The van der Waals surface area contributed by atoms with Crippen molar-refractivity contribution in [2.24, 2.45) is 0 Å². The van der Waals surface area contributed by atoms with E-state index in [1.54, 1.807) is 53.4 Å². The molecule has 0 N–H and O–H groups in total. The van der Waals surface area contributed by atoms with Gasteiger partial charge in [0, 0.05) is 37.7 Å². The number of sulfonamides is 1. The largest absolute Gasteiger partial charge is 0.335 e. The Morgan fingerprint density at radius 2 is 1.80 bits per heavy atom. The first-order chi connectivity index (χ1) is 16.8. The lowest BCUT2D eigenvalue weighted by atomic mass is 10.2. The van der Waals surface area contributed by atoms with Crippen LogP contribution in [0.5, 0.6) is 0 Å². The number of aromatic nitrogens is 3. The van der Waals surface area contributed by atoms with Crippen molar-refractivity contribution in [2.45, 2.75) is 24.7 Å². The third-order valence-electron chi connectivity index (χ3n) is 6.00. The van der Waals surface area contributed by atoms with Crippen molar-refractivity contribution in [1.29, 1.82) is 0 Å². The van der Waals surface area contributed by atoms with Crippen molar-refractivity contribution in [1.82, 2.24) is 24.8 Å². The Morgan fingerprint density at radius 3 is 2.49 bits per heavy atom. The smallest absolute Gasteiger partial charge is 0.276 e. The van der Waals surface area contributed by atoms with Crippen molar-refractivity contribution >= 4 is 33.2 Å². The Bertz CT molecular complexity index is 1270. The van der Waals surface area contributed by atoms with E-state index in [2.05, 4.69) is 15.2 Å². The second kappa shape index (κ2) is 10.8. The van der Waals surface area contributed by atoms with Crippen LogP contribution in [0.2, 0.25) is 5.02 Å². The number of hydrogen-bond acceptors (Lipinski definition) is 6. The average Bonchev–Trinajstić information content (AvgIpc) is 3.36. The number of amides is 1. The van der Waals surface area contributed by atoms with Gasteiger partial charge in [-0.25, -0.2) is 13.1 Å². The number of likely N-dealkylation sites (N-methyl/N-ethyl adjacent to an activating group) is 1. The zero-order valence-corrected chi connectivity index (χ0v) is 21.4. The third-order valence-corrected chi connectivity index (χ3v) is 8.06. The van der Waals surface area contributed by atoms with Crippen LogP contribution in [0.15, 0.2) is 59.6 Å². The van der Waals surface area contributed by atoms with Crippen LogP contribution in [-0.2, 0) is 10.0 Å². The van der Waals surface area contributed by atoms with E-state index in [1.807, 2.05) is 14.0 Å². The Morgan fingerprint density at radius 1 is 1.09 bits per heavy atom. The highest BCUT2D eigenvalue weighted by Crippen LogP contribution is 2.32. The molecule has 0 bridgehead atoms. The summed E-state index contributed by atoms with van der Waals surface area (Å²) in [5, 5.41) is 8.68. The molecule has 0 saturated carbocycles. The SMILES string of the molecule is CCCCN(c1ccc(Cl)cc1-n1cc(C(=O)N2CCN(C)CC2)nn1)S(=O)(=O)c1ccccc1. The van der Waals surface area contributed by atoms with Gasteiger partial charge < -0.3 is 9.80 Å². The van der Waals surface area contributed by atoms with Gasteiger partial charge in [-0.3, -0.25) is 9.10 Å². The predicted molar refractivity (Wildman–Crippen MR) is 136 cm³/mol. The summed E-state index contributed by atoms with van der Waals surface area (Å²) in [5.41, 5.74) is 1.04. The topological polar surface area (TPSA) is 91.6 Å². The highest BCUT2D eigenvalue weighted by molar-refractivity contribution is 7.92. The second-order valence-electron chi connectivity index (χ2n) is 8.52. The minimum Gasteiger partial charge on any atom is -0.335 e. The molecule has 186 valence electrons. The first kappa shape index (κ1) is 25.2. The lowest BCUT2D eigenvalue weighted by Crippen LogP contribution is -2.47. The number of rotatable bonds is 8. The molecular weight excluding hydrogens is 488 g/mol. The molecule has 9 nitrogen and oxygen atoms in total. The maximum absolute atomic E-state index is 13.6. The highest BCUT2D eigenvalue weighted by Gasteiger charge is 2.28. The lowest BCUT2D eigenvalue weighted by molar-refractivity contribution is 0.0658. The molecular formula is C24H29ClN6O3S. The standard InChI is InChI=1S/C24H29ClN6O3S/c1-3-4-12-31(35(33,34)20-8-6-5-7-9-20)22-11-10-19(25)17-23(22)30-18-21(26-27-30)24(32)29-15-13-28(2)14-16-29/h5-11,17-18H,3-4,12-16H2,1-2H3. The highest BCUT2D eigenvalue weighted by atomic mass is 35.5. The van der Waals surface area contributed by atoms with Gasteiger partial charge in [-0.2, -0.15) is 0 Å². The van der Waals surface area contributed by atoms with E-state index in [0.29, 0.717) is 35.9 Å². The Hall–Kier alpha value is -2.95. The van der Waals surface area contributed by atoms with Gasteiger partial charge >= 0.3 is 0 Å². The van der Waals surface area contributed by atoms with Crippen LogP contribution in [0, 0.1) is 0 Å². The Balaban J connectivity index is 1.72. The lowest BCUT2D eigenvalue weighted by Gasteiger charge is -2.31. The molecule has 2 aromatic carbocycles. The fourth-order valence-corrected chi connectivity index (χ4v) is 5.64. The van der Waals surface area contributed by atoms with Crippen molar-refractivity contribution in [2.75, 3.05) is 44.1 Å². The minimum absolute atomic E-state index is 0.196. The van der Waals surface area contributed by atoms with Gasteiger partial charge in [-0.1, -0.05) is 48.4 Å². The summed E-state index contributed by atoms with van der Waals surface area (Å²) in [6.45, 7) is 5.10. The number of unbranched alkanes of at least 4 members (excludes halogenated alkanes) is 1. The minimum atomic E-state index is -3.85. The molecule has 0 spiro atoms. The molecule has 0 aliphatic carbocycles. The molecule has 1 aliphatic heterocycles. The average molecular weight is 517 g/mol. The summed E-state index contributed by atoms with van der Waals surface area (Å²) >= 11 is 6.30. The number of halogens is 1. The van der Waals surface area contributed by atoms with Gasteiger partial charge in [0.2, 0.25) is 0 Å². The molecule has 1 saturated heterocycles. The van der Waals surface area contributed by atoms with Gasteiger partial charge in [0.05, 0.1) is 22.5 Å². The van der Waals surface area contributed by atoms with E-state index in [0.717, 1.165) is 19.5 Å². The van der Waals surface area contributed by atoms with E-state index in [9.17, 15) is 13.2 Å². The van der Waals surface area contributed by atoms with E-state index in [-0.39, 0.29) is 23.0 Å². The fourth-order valence-electron chi connectivity index (χ4n) is 3.93. The van der Waals surface area contributed by atoms with Crippen molar-refractivity contribution in [3.05, 3.63) is 65.4 Å². The van der Waals surface area contributed by atoms with E-state index >= 15 is 0 Å². The van der Waals surface area contributed by atoms with Crippen LogP contribution in [0.4, 0.5) is 5.69 Å². The van der Waals surface area contributed by atoms with E-state index in [1.165, 1.54) is 15.2 Å². The number of nitrogens with zero attached hydrogens (tertiary/aromatic N) is 6. The monoisotopic (exact) mass is 516 g/mol. The Kier molecular flexibility index (Phi) is 7.73. The molecule has 11 heteroatoms. The quantitative estimate of drug-likeness (QED) is 0.456. The molecule has 1 aliphatic rings. The summed E-state index contributed by atoms with van der Waals surface area (Å²) in [5.74, 6) is -0.201. The van der Waals surface area contributed by atoms with Gasteiger partial charge in [-0.05, 0) is 43.8 Å². The van der Waals surface area contributed by atoms with Crippen LogP contribution in [0.3, 0.4) is 0 Å². The van der Waals surface area contributed by atoms with Crippen LogP contribution >= 0.6 is 11.6 Å². The van der Waals surface area contributed by atoms with Crippen LogP contribution < -0.4 is 4.31 Å². The molecule has 1 amide bonds. The molecule has 0 unspecified atom stereocenters. The number of anilines is 1. The van der Waals surface area contributed by atoms with Gasteiger partial charge in [0.15, 0.2) is 5.69 Å². The maximum atomic E-state index is 13.6. The molecule has 4 rings (SSSR count). The zero-order valence-electron chi connectivity index (χ0n) is 19.8. The van der Waals surface area contributed by atoms with Crippen molar-refractivity contribution < 1.29 is 13.2 Å². The molecule has 3 aromatic rings.